The average molecular weight is 571 g/mol. The third kappa shape index (κ3) is 4.49. The molecule has 0 unspecified atom stereocenters. The number of amides is 2. The SMILES string of the molecule is C=CC(=O)N1CCc2nn(-c3ccc(C4CC4)cc3O)c3c2[C@@H](C1)N(C(=O)c1cnc(C(F)(F)F)c(F)c1N)CC3. The standard InChI is InChI=1S/C28H26F4N6O3/c1-2-22(40)36-9-7-17-23-19(38(35-17)18-6-5-15(11-21(18)39)14-3-4-14)8-10-37(20(23)13-36)27(41)16-12-34-26(28(30,31)32)24(29)25(16)33/h2,5-6,11-12,14,20,39H,1,3-4,7-10,13H2,(H2,33,34)/t20-/m1/s1. The maximum absolute atomic E-state index is 14.6. The molecule has 3 aliphatic rings. The first-order chi connectivity index (χ1) is 19.5. The zero-order valence-corrected chi connectivity index (χ0v) is 21.8. The Morgan fingerprint density at radius 1 is 1.17 bits per heavy atom. The highest BCUT2D eigenvalue weighted by Crippen LogP contribution is 2.43. The summed E-state index contributed by atoms with van der Waals surface area (Å²) in [7, 11) is 0. The second kappa shape index (κ2) is 9.60. The van der Waals surface area contributed by atoms with E-state index in [2.05, 4.69) is 11.6 Å². The number of aromatic nitrogens is 3. The van der Waals surface area contributed by atoms with Crippen LogP contribution in [0.5, 0.6) is 5.75 Å². The van der Waals surface area contributed by atoms with Crippen molar-refractivity contribution in [2.24, 2.45) is 0 Å². The molecule has 0 saturated heterocycles. The zero-order chi connectivity index (χ0) is 29.2. The molecule has 1 aromatic carbocycles. The number of nitrogen functional groups attached to an aromatic ring is 1. The van der Waals surface area contributed by atoms with Gasteiger partial charge in [0.1, 0.15) is 11.4 Å². The van der Waals surface area contributed by atoms with Crippen LogP contribution in [-0.2, 0) is 23.8 Å². The van der Waals surface area contributed by atoms with E-state index >= 15 is 0 Å². The molecule has 2 aromatic heterocycles. The molecule has 0 spiro atoms. The number of rotatable bonds is 4. The summed E-state index contributed by atoms with van der Waals surface area (Å²) in [6.45, 7) is 3.94. The predicted octanol–water partition coefficient (Wildman–Crippen LogP) is 3.90. The van der Waals surface area contributed by atoms with Gasteiger partial charge in [-0.25, -0.2) is 14.1 Å². The number of nitrogens with zero attached hydrogens (tertiary/aromatic N) is 5. The number of nitrogens with two attached hydrogens (primary N) is 1. The van der Waals surface area contributed by atoms with Crippen LogP contribution in [0.1, 0.15) is 63.4 Å². The highest BCUT2D eigenvalue weighted by atomic mass is 19.4. The number of alkyl halides is 3. The molecule has 1 atom stereocenters. The molecule has 0 bridgehead atoms. The number of hydrogen-bond acceptors (Lipinski definition) is 6. The number of hydrogen-bond donors (Lipinski definition) is 2. The number of benzene rings is 1. The Morgan fingerprint density at radius 2 is 1.93 bits per heavy atom. The molecule has 0 radical (unpaired) electrons. The van der Waals surface area contributed by atoms with E-state index in [1.807, 2.05) is 12.1 Å². The normalized spacial score (nSPS) is 18.6. The number of halogens is 4. The van der Waals surface area contributed by atoms with Crippen molar-refractivity contribution in [1.82, 2.24) is 24.6 Å². The van der Waals surface area contributed by atoms with Crippen LogP contribution in [0.3, 0.4) is 0 Å². The van der Waals surface area contributed by atoms with E-state index < -0.39 is 40.9 Å². The van der Waals surface area contributed by atoms with Crippen molar-refractivity contribution in [1.29, 1.82) is 0 Å². The fourth-order valence-corrected chi connectivity index (χ4v) is 5.78. The number of phenols is 1. The number of carbonyl (C=O) groups is 2. The number of anilines is 1. The molecule has 2 amide bonds. The van der Waals surface area contributed by atoms with Crippen LogP contribution in [0.4, 0.5) is 23.2 Å². The van der Waals surface area contributed by atoms with Crippen molar-refractivity contribution in [2.75, 3.05) is 25.4 Å². The monoisotopic (exact) mass is 570 g/mol. The minimum atomic E-state index is -5.08. The summed E-state index contributed by atoms with van der Waals surface area (Å²) < 4.78 is 55.7. The second-order valence-electron chi connectivity index (χ2n) is 10.5. The first-order valence-electron chi connectivity index (χ1n) is 13.2. The molecule has 6 rings (SSSR count). The van der Waals surface area contributed by atoms with Gasteiger partial charge in [-0.15, -0.1) is 0 Å². The Balaban J connectivity index is 1.42. The number of pyridine rings is 1. The molecule has 9 nitrogen and oxygen atoms in total. The average Bonchev–Trinajstić information content (AvgIpc) is 3.74. The van der Waals surface area contributed by atoms with Gasteiger partial charge in [0.25, 0.3) is 5.91 Å². The summed E-state index contributed by atoms with van der Waals surface area (Å²) in [6, 6.07) is 4.74. The summed E-state index contributed by atoms with van der Waals surface area (Å²) in [5, 5.41) is 15.7. The lowest BCUT2D eigenvalue weighted by Gasteiger charge is -2.38. The van der Waals surface area contributed by atoms with Crippen molar-refractivity contribution in [3.63, 3.8) is 0 Å². The Morgan fingerprint density at radius 3 is 2.59 bits per heavy atom. The van der Waals surface area contributed by atoms with Gasteiger partial charge in [-0.3, -0.25) is 9.59 Å². The molecule has 214 valence electrons. The summed E-state index contributed by atoms with van der Waals surface area (Å²) in [4.78, 5) is 32.4. The van der Waals surface area contributed by atoms with Gasteiger partial charge in [0.2, 0.25) is 5.91 Å². The van der Waals surface area contributed by atoms with Crippen LogP contribution in [0.2, 0.25) is 0 Å². The molecule has 4 heterocycles. The fourth-order valence-electron chi connectivity index (χ4n) is 5.78. The minimum absolute atomic E-state index is 0.0470. The van der Waals surface area contributed by atoms with Crippen molar-refractivity contribution in [2.45, 2.75) is 43.8 Å². The van der Waals surface area contributed by atoms with Gasteiger partial charge in [0.15, 0.2) is 11.5 Å². The van der Waals surface area contributed by atoms with Gasteiger partial charge in [0, 0.05) is 44.2 Å². The summed E-state index contributed by atoms with van der Waals surface area (Å²) >= 11 is 0. The molecule has 3 N–H and O–H groups in total. The molecule has 1 saturated carbocycles. The molecule has 3 aromatic rings. The van der Waals surface area contributed by atoms with Gasteiger partial charge in [0.05, 0.1) is 28.7 Å². The van der Waals surface area contributed by atoms with Crippen LogP contribution in [0.25, 0.3) is 5.69 Å². The molecule has 2 aliphatic heterocycles. The highest BCUT2D eigenvalue weighted by Gasteiger charge is 2.42. The number of carbonyl (C=O) groups excluding carboxylic acids is 2. The van der Waals surface area contributed by atoms with E-state index in [9.17, 15) is 32.3 Å². The Bertz CT molecular complexity index is 1600. The van der Waals surface area contributed by atoms with E-state index in [4.69, 9.17) is 10.8 Å². The third-order valence-electron chi connectivity index (χ3n) is 7.99. The zero-order valence-electron chi connectivity index (χ0n) is 21.8. The van der Waals surface area contributed by atoms with Crippen molar-refractivity contribution in [3.8, 4) is 11.4 Å². The third-order valence-corrected chi connectivity index (χ3v) is 7.99. The van der Waals surface area contributed by atoms with E-state index in [0.29, 0.717) is 35.5 Å². The van der Waals surface area contributed by atoms with E-state index in [1.54, 1.807) is 10.7 Å². The van der Waals surface area contributed by atoms with Crippen molar-refractivity contribution in [3.05, 3.63) is 76.6 Å². The first kappa shape index (κ1) is 26.8. The quantitative estimate of drug-likeness (QED) is 0.363. The van der Waals surface area contributed by atoms with Crippen LogP contribution in [-0.4, -0.2) is 61.1 Å². The lowest BCUT2D eigenvalue weighted by atomic mass is 9.94. The lowest BCUT2D eigenvalue weighted by molar-refractivity contribution is -0.143. The smallest absolute Gasteiger partial charge is 0.436 e. The van der Waals surface area contributed by atoms with Crippen LogP contribution >= 0.6 is 0 Å². The van der Waals surface area contributed by atoms with Crippen LogP contribution in [0, 0.1) is 5.82 Å². The highest BCUT2D eigenvalue weighted by molar-refractivity contribution is 5.99. The summed E-state index contributed by atoms with van der Waals surface area (Å²) in [6.07, 6.45) is -0.507. The number of phenolic OH excluding ortho intramolecular Hbond substituents is 1. The second-order valence-corrected chi connectivity index (χ2v) is 10.5. The first-order valence-corrected chi connectivity index (χ1v) is 13.2. The topological polar surface area (TPSA) is 118 Å². The van der Waals surface area contributed by atoms with Crippen LogP contribution < -0.4 is 5.73 Å². The Hall–Kier alpha value is -4.42. The van der Waals surface area contributed by atoms with Crippen LogP contribution in [0.15, 0.2) is 37.1 Å². The van der Waals surface area contributed by atoms with E-state index in [1.165, 1.54) is 9.80 Å². The molecule has 41 heavy (non-hydrogen) atoms. The molecular formula is C28H26F4N6O3. The van der Waals surface area contributed by atoms with Gasteiger partial charge >= 0.3 is 6.18 Å². The molecule has 1 fully saturated rings. The van der Waals surface area contributed by atoms with Gasteiger partial charge in [-0.2, -0.15) is 18.3 Å². The molecule has 1 aliphatic carbocycles. The van der Waals surface area contributed by atoms with Gasteiger partial charge in [-0.1, -0.05) is 12.6 Å². The fraction of sp³-hybridized carbons (Fsp3) is 0.357. The molecular weight excluding hydrogens is 544 g/mol. The Kier molecular flexibility index (Phi) is 6.27. The van der Waals surface area contributed by atoms with Crippen molar-refractivity contribution >= 4 is 17.5 Å². The van der Waals surface area contributed by atoms with Crippen molar-refractivity contribution < 1.29 is 32.3 Å². The molecule has 13 heteroatoms. The maximum atomic E-state index is 14.6. The largest absolute Gasteiger partial charge is 0.506 e. The minimum Gasteiger partial charge on any atom is -0.506 e. The Labute approximate surface area is 231 Å². The predicted molar refractivity (Wildman–Crippen MR) is 139 cm³/mol. The summed E-state index contributed by atoms with van der Waals surface area (Å²) in [5.74, 6) is -2.49. The van der Waals surface area contributed by atoms with Gasteiger partial charge < -0.3 is 20.6 Å². The summed E-state index contributed by atoms with van der Waals surface area (Å²) in [5.41, 5.74) is 5.98. The van der Waals surface area contributed by atoms with E-state index in [0.717, 1.165) is 30.2 Å². The van der Waals surface area contributed by atoms with Gasteiger partial charge in [-0.05, 0) is 42.5 Å². The number of aromatic hydroxyl groups is 1. The van der Waals surface area contributed by atoms with E-state index in [-0.39, 0.29) is 37.7 Å². The lowest BCUT2D eigenvalue weighted by Crippen LogP contribution is -2.46. The maximum Gasteiger partial charge on any atom is 0.436 e.